The minimum Gasteiger partial charge on any atom is -0.379 e. The highest BCUT2D eigenvalue weighted by atomic mass is 16.1. The summed E-state index contributed by atoms with van der Waals surface area (Å²) in [7, 11) is 0. The van der Waals surface area contributed by atoms with Crippen molar-refractivity contribution >= 4 is 17.8 Å². The number of aldehydes is 1. The van der Waals surface area contributed by atoms with E-state index in [0.29, 0.717) is 5.56 Å². The third-order valence-electron chi connectivity index (χ3n) is 4.96. The maximum absolute atomic E-state index is 12.6. The van der Waals surface area contributed by atoms with E-state index in [1.54, 1.807) is 6.08 Å². The number of fused-ring (bicyclic) bond motifs is 1. The fourth-order valence-corrected chi connectivity index (χ4v) is 3.81. The van der Waals surface area contributed by atoms with Crippen molar-refractivity contribution in [1.29, 1.82) is 0 Å². The van der Waals surface area contributed by atoms with Crippen molar-refractivity contribution in [3.63, 3.8) is 0 Å². The van der Waals surface area contributed by atoms with Crippen molar-refractivity contribution in [3.05, 3.63) is 41.0 Å². The maximum Gasteiger partial charge on any atom is 0.160 e. The second kappa shape index (κ2) is 6.31. The van der Waals surface area contributed by atoms with E-state index in [1.807, 2.05) is 18.2 Å². The van der Waals surface area contributed by atoms with E-state index >= 15 is 0 Å². The first-order valence-corrected chi connectivity index (χ1v) is 8.61. The van der Waals surface area contributed by atoms with E-state index in [-0.39, 0.29) is 17.2 Å². The van der Waals surface area contributed by atoms with Crippen LogP contribution in [-0.2, 0) is 11.2 Å². The van der Waals surface area contributed by atoms with Crippen LogP contribution in [0, 0.1) is 5.92 Å². The van der Waals surface area contributed by atoms with Gasteiger partial charge in [0.05, 0.1) is 0 Å². The molecule has 1 aliphatic heterocycles. The van der Waals surface area contributed by atoms with Gasteiger partial charge in [-0.2, -0.15) is 0 Å². The van der Waals surface area contributed by atoms with Gasteiger partial charge in [-0.15, -0.1) is 0 Å². The molecule has 1 saturated carbocycles. The number of hydrogen-bond donors (Lipinski definition) is 1. The minimum absolute atomic E-state index is 0.118. The molecule has 3 nitrogen and oxygen atoms in total. The molecule has 0 saturated heterocycles. The Bertz CT molecular complexity index is 652. The van der Waals surface area contributed by atoms with Crippen LogP contribution in [-0.4, -0.2) is 17.6 Å². The van der Waals surface area contributed by atoms with Crippen LogP contribution in [0.2, 0.25) is 0 Å². The van der Waals surface area contributed by atoms with Gasteiger partial charge in [0.15, 0.2) is 5.78 Å². The number of carbonyl (C=O) groups is 2. The predicted molar refractivity (Wildman–Crippen MR) is 92.3 cm³/mol. The van der Waals surface area contributed by atoms with Gasteiger partial charge in [0.2, 0.25) is 0 Å². The Hall–Kier alpha value is -1.90. The molecule has 3 heteroatoms. The molecule has 1 aromatic carbocycles. The van der Waals surface area contributed by atoms with Crippen LogP contribution >= 0.6 is 0 Å². The lowest BCUT2D eigenvalue weighted by atomic mass is 9.82. The van der Waals surface area contributed by atoms with Crippen molar-refractivity contribution < 1.29 is 9.59 Å². The standard InChI is InChI=1S/C20H25NO2/c1-20(2)12-16-10-14(13-22)8-9-17(16)18(21-20)11-19(23)15-6-4-3-5-7-15/h8-11,13,15,21H,3-7,12H2,1-2H3/b18-11-. The summed E-state index contributed by atoms with van der Waals surface area (Å²) in [6.07, 6.45) is 9.14. The quantitative estimate of drug-likeness (QED) is 0.680. The summed E-state index contributed by atoms with van der Waals surface area (Å²) >= 11 is 0. The third kappa shape index (κ3) is 3.54. The van der Waals surface area contributed by atoms with Crippen LogP contribution in [0.3, 0.4) is 0 Å². The van der Waals surface area contributed by atoms with Gasteiger partial charge in [-0.3, -0.25) is 9.59 Å². The average molecular weight is 311 g/mol. The molecule has 1 fully saturated rings. The summed E-state index contributed by atoms with van der Waals surface area (Å²) in [4.78, 5) is 23.7. The van der Waals surface area contributed by atoms with E-state index in [9.17, 15) is 9.59 Å². The van der Waals surface area contributed by atoms with E-state index < -0.39 is 0 Å². The molecule has 0 amide bonds. The highest BCUT2D eigenvalue weighted by Crippen LogP contribution is 2.31. The summed E-state index contributed by atoms with van der Waals surface area (Å²) < 4.78 is 0. The second-order valence-electron chi connectivity index (χ2n) is 7.52. The molecular weight excluding hydrogens is 286 g/mol. The number of nitrogens with one attached hydrogen (secondary N) is 1. The van der Waals surface area contributed by atoms with Crippen LogP contribution < -0.4 is 5.32 Å². The van der Waals surface area contributed by atoms with Crippen molar-refractivity contribution in [3.8, 4) is 0 Å². The van der Waals surface area contributed by atoms with Crippen LogP contribution in [0.25, 0.3) is 5.70 Å². The molecule has 3 rings (SSSR count). The van der Waals surface area contributed by atoms with Gasteiger partial charge in [0, 0.05) is 34.4 Å². The second-order valence-corrected chi connectivity index (χ2v) is 7.52. The lowest BCUT2D eigenvalue weighted by Gasteiger charge is -2.36. The predicted octanol–water partition coefficient (Wildman–Crippen LogP) is 3.91. The van der Waals surface area contributed by atoms with Gasteiger partial charge >= 0.3 is 0 Å². The third-order valence-corrected chi connectivity index (χ3v) is 4.96. The fourth-order valence-electron chi connectivity index (χ4n) is 3.81. The van der Waals surface area contributed by atoms with Crippen LogP contribution in [0.1, 0.15) is 67.4 Å². The number of carbonyl (C=O) groups excluding carboxylic acids is 2. The summed E-state index contributed by atoms with van der Waals surface area (Å²) in [5.41, 5.74) is 3.68. The Kier molecular flexibility index (Phi) is 4.38. The molecule has 0 unspecified atom stereocenters. The molecule has 23 heavy (non-hydrogen) atoms. The van der Waals surface area contributed by atoms with Crippen molar-refractivity contribution in [2.45, 2.75) is 57.9 Å². The molecule has 1 aliphatic carbocycles. The Morgan fingerprint density at radius 3 is 2.65 bits per heavy atom. The molecule has 1 heterocycles. The topological polar surface area (TPSA) is 46.2 Å². The zero-order valence-corrected chi connectivity index (χ0v) is 14.0. The van der Waals surface area contributed by atoms with Gasteiger partial charge in [-0.05, 0) is 44.7 Å². The lowest BCUT2D eigenvalue weighted by molar-refractivity contribution is -0.119. The molecule has 122 valence electrons. The molecule has 1 aromatic rings. The molecule has 0 atom stereocenters. The van der Waals surface area contributed by atoms with Gasteiger partial charge in [0.1, 0.15) is 6.29 Å². The minimum atomic E-state index is -0.118. The first-order valence-electron chi connectivity index (χ1n) is 8.61. The van der Waals surface area contributed by atoms with Gasteiger partial charge in [-0.25, -0.2) is 0 Å². The molecular formula is C20H25NO2. The van der Waals surface area contributed by atoms with E-state index in [4.69, 9.17) is 0 Å². The van der Waals surface area contributed by atoms with Gasteiger partial charge in [0.25, 0.3) is 0 Å². The zero-order chi connectivity index (χ0) is 16.4. The van der Waals surface area contributed by atoms with E-state index in [1.165, 1.54) is 6.42 Å². The van der Waals surface area contributed by atoms with E-state index in [2.05, 4.69) is 19.2 Å². The number of ketones is 1. The number of hydrogen-bond acceptors (Lipinski definition) is 3. The van der Waals surface area contributed by atoms with Crippen molar-refractivity contribution in [1.82, 2.24) is 5.32 Å². The SMILES string of the molecule is CC1(C)Cc2cc(C=O)ccc2/C(=C/C(=O)C2CCCCC2)N1. The zero-order valence-electron chi connectivity index (χ0n) is 14.0. The molecule has 2 aliphatic rings. The molecule has 1 N–H and O–H groups in total. The molecule has 0 spiro atoms. The molecule has 0 aromatic heterocycles. The monoisotopic (exact) mass is 311 g/mol. The Morgan fingerprint density at radius 2 is 1.96 bits per heavy atom. The summed E-state index contributed by atoms with van der Waals surface area (Å²) in [6, 6.07) is 5.73. The van der Waals surface area contributed by atoms with Crippen molar-refractivity contribution in [2.24, 2.45) is 5.92 Å². The van der Waals surface area contributed by atoms with Gasteiger partial charge < -0.3 is 5.32 Å². The highest BCUT2D eigenvalue weighted by molar-refractivity contribution is 5.98. The Balaban J connectivity index is 1.94. The van der Waals surface area contributed by atoms with E-state index in [0.717, 1.165) is 55.2 Å². The summed E-state index contributed by atoms with van der Waals surface area (Å²) in [5.74, 6) is 0.427. The van der Waals surface area contributed by atoms with Crippen LogP contribution in [0.4, 0.5) is 0 Å². The maximum atomic E-state index is 12.6. The van der Waals surface area contributed by atoms with Gasteiger partial charge in [-0.1, -0.05) is 31.4 Å². The van der Waals surface area contributed by atoms with Crippen LogP contribution in [0.5, 0.6) is 0 Å². The van der Waals surface area contributed by atoms with Crippen LogP contribution in [0.15, 0.2) is 24.3 Å². The Morgan fingerprint density at radius 1 is 1.22 bits per heavy atom. The fraction of sp³-hybridized carbons (Fsp3) is 0.500. The molecule has 0 radical (unpaired) electrons. The smallest absolute Gasteiger partial charge is 0.160 e. The first-order chi connectivity index (χ1) is 11.0. The summed E-state index contributed by atoms with van der Waals surface area (Å²) in [6.45, 7) is 4.25. The lowest BCUT2D eigenvalue weighted by Crippen LogP contribution is -2.44. The number of benzene rings is 1. The highest BCUT2D eigenvalue weighted by Gasteiger charge is 2.29. The Labute approximate surface area is 138 Å². The van der Waals surface area contributed by atoms with Crippen molar-refractivity contribution in [2.75, 3.05) is 0 Å². The number of rotatable bonds is 3. The first kappa shape index (κ1) is 16.0. The largest absolute Gasteiger partial charge is 0.379 e. The molecule has 0 bridgehead atoms. The normalized spacial score (nSPS) is 22.3. The number of allylic oxidation sites excluding steroid dienone is 1. The summed E-state index contributed by atoms with van der Waals surface area (Å²) in [5, 5.41) is 3.51. The average Bonchev–Trinajstić information content (AvgIpc) is 2.54.